The summed E-state index contributed by atoms with van der Waals surface area (Å²) in [5.41, 5.74) is 0. The Morgan fingerprint density at radius 2 is 2.20 bits per heavy atom. The third kappa shape index (κ3) is 3.14. The van der Waals surface area contributed by atoms with Crippen LogP contribution < -0.4 is 0 Å². The average Bonchev–Trinajstić information content (AvgIpc) is 2.51. The fourth-order valence-electron chi connectivity index (χ4n) is 0.965. The number of hydrogen-bond acceptors (Lipinski definition) is 4. The highest BCUT2D eigenvalue weighted by Gasteiger charge is 2.15. The Bertz CT molecular complexity index is 503. The zero-order chi connectivity index (χ0) is 11.5. The molecule has 0 saturated carbocycles. The van der Waals surface area contributed by atoms with Crippen molar-refractivity contribution in [1.29, 1.82) is 0 Å². The van der Waals surface area contributed by atoms with Crippen LogP contribution >= 0.6 is 0 Å². The molecule has 1 aromatic heterocycles. The maximum atomic E-state index is 11.2. The van der Waals surface area contributed by atoms with Gasteiger partial charge in [-0.15, -0.1) is 6.42 Å². The molecule has 0 fully saturated rings. The van der Waals surface area contributed by atoms with E-state index in [1.165, 1.54) is 12.1 Å². The predicted octanol–water partition coefficient (Wildman–Crippen LogP) is 0.526. The van der Waals surface area contributed by atoms with E-state index in [-0.39, 0.29) is 17.3 Å². The van der Waals surface area contributed by atoms with Crippen LogP contribution in [0.15, 0.2) is 16.5 Å². The first kappa shape index (κ1) is 11.3. The second kappa shape index (κ2) is 4.19. The number of rotatable bonds is 4. The lowest BCUT2D eigenvalue weighted by Crippen LogP contribution is -2.07. The Labute approximate surface area is 86.6 Å². The Balaban J connectivity index is 2.83. The molecule has 0 bridgehead atoms. The summed E-state index contributed by atoms with van der Waals surface area (Å²) in [5, 5.41) is 8.52. The second-order valence-electron chi connectivity index (χ2n) is 2.81. The largest absolute Gasteiger partial charge is 0.475 e. The maximum Gasteiger partial charge on any atom is 0.371 e. The second-order valence-corrected chi connectivity index (χ2v) is 4.87. The molecule has 6 heteroatoms. The number of sulfone groups is 1. The molecule has 0 saturated heterocycles. The molecule has 0 spiro atoms. The molecule has 0 unspecified atom stereocenters. The smallest absolute Gasteiger partial charge is 0.371 e. The lowest BCUT2D eigenvalue weighted by Gasteiger charge is -1.96. The predicted molar refractivity (Wildman–Crippen MR) is 52.0 cm³/mol. The van der Waals surface area contributed by atoms with E-state index in [1.54, 1.807) is 0 Å². The van der Waals surface area contributed by atoms with E-state index in [2.05, 4.69) is 0 Å². The molecular formula is C9H8O5S. The van der Waals surface area contributed by atoms with E-state index >= 15 is 0 Å². The zero-order valence-electron chi connectivity index (χ0n) is 7.63. The Morgan fingerprint density at radius 1 is 1.53 bits per heavy atom. The average molecular weight is 228 g/mol. The number of carboxylic acids is 1. The van der Waals surface area contributed by atoms with Gasteiger partial charge in [0.1, 0.15) is 17.3 Å². The van der Waals surface area contributed by atoms with Crippen molar-refractivity contribution in [1.82, 2.24) is 0 Å². The number of carbonyl (C=O) groups is 1. The van der Waals surface area contributed by atoms with Gasteiger partial charge in [0.25, 0.3) is 0 Å². The summed E-state index contributed by atoms with van der Waals surface area (Å²) in [5.74, 6) is -0.224. The van der Waals surface area contributed by atoms with Gasteiger partial charge in [-0.3, -0.25) is 0 Å². The molecule has 15 heavy (non-hydrogen) atoms. The third-order valence-corrected chi connectivity index (χ3v) is 2.87. The van der Waals surface area contributed by atoms with Crippen LogP contribution in [0.1, 0.15) is 16.3 Å². The SMILES string of the molecule is C#CCS(=O)(=O)Cc1ccc(C(=O)O)o1. The first-order valence-electron chi connectivity index (χ1n) is 3.90. The molecule has 0 amide bonds. The number of aromatic carboxylic acids is 1. The van der Waals surface area contributed by atoms with Gasteiger partial charge in [0.15, 0.2) is 9.84 Å². The van der Waals surface area contributed by atoms with E-state index in [9.17, 15) is 13.2 Å². The summed E-state index contributed by atoms with van der Waals surface area (Å²) in [6, 6.07) is 2.50. The van der Waals surface area contributed by atoms with Crippen molar-refractivity contribution >= 4 is 15.8 Å². The molecule has 0 aliphatic carbocycles. The van der Waals surface area contributed by atoms with Crippen molar-refractivity contribution in [3.63, 3.8) is 0 Å². The molecule has 1 heterocycles. The van der Waals surface area contributed by atoms with Crippen LogP contribution in [0.4, 0.5) is 0 Å². The highest BCUT2D eigenvalue weighted by molar-refractivity contribution is 7.90. The van der Waals surface area contributed by atoms with Gasteiger partial charge in [-0.05, 0) is 12.1 Å². The Morgan fingerprint density at radius 3 is 2.67 bits per heavy atom. The van der Waals surface area contributed by atoms with Crippen molar-refractivity contribution in [2.75, 3.05) is 5.75 Å². The molecule has 0 aliphatic rings. The molecule has 1 rings (SSSR count). The molecule has 5 nitrogen and oxygen atoms in total. The minimum Gasteiger partial charge on any atom is -0.475 e. The minimum absolute atomic E-state index is 0.0719. The van der Waals surface area contributed by atoms with E-state index < -0.39 is 21.6 Å². The summed E-state index contributed by atoms with van der Waals surface area (Å²) in [6.45, 7) is 0. The quantitative estimate of drug-likeness (QED) is 0.759. The van der Waals surface area contributed by atoms with Gasteiger partial charge in [0.2, 0.25) is 5.76 Å². The van der Waals surface area contributed by atoms with Crippen LogP contribution in [0.25, 0.3) is 0 Å². The molecule has 0 radical (unpaired) electrons. The number of hydrogen-bond donors (Lipinski definition) is 1. The van der Waals surface area contributed by atoms with Crippen LogP contribution in [-0.4, -0.2) is 25.2 Å². The van der Waals surface area contributed by atoms with Crippen LogP contribution in [0, 0.1) is 12.3 Å². The molecule has 0 atom stereocenters. The third-order valence-electron chi connectivity index (χ3n) is 1.54. The molecule has 0 aromatic carbocycles. The summed E-state index contributed by atoms with van der Waals surface area (Å²) < 4.78 is 27.2. The van der Waals surface area contributed by atoms with Crippen molar-refractivity contribution in [2.24, 2.45) is 0 Å². The first-order chi connectivity index (χ1) is 6.94. The normalized spacial score (nSPS) is 10.9. The van der Waals surface area contributed by atoms with E-state index in [0.717, 1.165) is 0 Å². The van der Waals surface area contributed by atoms with E-state index in [4.69, 9.17) is 15.9 Å². The molecule has 80 valence electrons. The van der Waals surface area contributed by atoms with Gasteiger partial charge < -0.3 is 9.52 Å². The van der Waals surface area contributed by atoms with Gasteiger partial charge in [-0.1, -0.05) is 5.92 Å². The highest BCUT2D eigenvalue weighted by Crippen LogP contribution is 2.11. The minimum atomic E-state index is -3.42. The van der Waals surface area contributed by atoms with Crippen LogP contribution in [-0.2, 0) is 15.6 Å². The number of carboxylic acid groups (broad SMARTS) is 1. The molecule has 0 aliphatic heterocycles. The van der Waals surface area contributed by atoms with Gasteiger partial charge in [0, 0.05) is 0 Å². The van der Waals surface area contributed by atoms with Crippen LogP contribution in [0.2, 0.25) is 0 Å². The molecule has 1 aromatic rings. The first-order valence-corrected chi connectivity index (χ1v) is 5.72. The highest BCUT2D eigenvalue weighted by atomic mass is 32.2. The van der Waals surface area contributed by atoms with Crippen LogP contribution in [0.3, 0.4) is 0 Å². The number of furan rings is 1. The summed E-state index contributed by atoms with van der Waals surface area (Å²) in [4.78, 5) is 10.4. The monoisotopic (exact) mass is 228 g/mol. The van der Waals surface area contributed by atoms with Gasteiger partial charge >= 0.3 is 5.97 Å². The van der Waals surface area contributed by atoms with E-state index in [0.29, 0.717) is 0 Å². The zero-order valence-corrected chi connectivity index (χ0v) is 8.45. The molecular weight excluding hydrogens is 220 g/mol. The van der Waals surface area contributed by atoms with Gasteiger partial charge in [0.05, 0.1) is 0 Å². The fraction of sp³-hybridized carbons (Fsp3) is 0.222. The standard InChI is InChI=1S/C9H8O5S/c1-2-5-15(12,13)6-7-3-4-8(14-7)9(10)11/h1,3-4H,5-6H2,(H,10,11). The Kier molecular flexibility index (Phi) is 3.17. The van der Waals surface area contributed by atoms with Gasteiger partial charge in [-0.2, -0.15) is 0 Å². The van der Waals surface area contributed by atoms with Crippen LogP contribution in [0.5, 0.6) is 0 Å². The van der Waals surface area contributed by atoms with Gasteiger partial charge in [-0.25, -0.2) is 13.2 Å². The number of terminal acetylenes is 1. The summed E-state index contributed by atoms with van der Waals surface area (Å²) >= 11 is 0. The lowest BCUT2D eigenvalue weighted by molar-refractivity contribution is 0.0660. The van der Waals surface area contributed by atoms with E-state index in [1.807, 2.05) is 5.92 Å². The van der Waals surface area contributed by atoms with Crippen molar-refractivity contribution in [2.45, 2.75) is 5.75 Å². The summed E-state index contributed by atoms with van der Waals surface area (Å²) in [7, 11) is -3.42. The summed E-state index contributed by atoms with van der Waals surface area (Å²) in [6.07, 6.45) is 4.87. The topological polar surface area (TPSA) is 84.6 Å². The fourth-order valence-corrected chi connectivity index (χ4v) is 1.91. The molecule has 1 N–H and O–H groups in total. The Hall–Kier alpha value is -1.74. The van der Waals surface area contributed by atoms with Crippen molar-refractivity contribution < 1.29 is 22.7 Å². The van der Waals surface area contributed by atoms with Crippen molar-refractivity contribution in [3.8, 4) is 12.3 Å². The maximum absolute atomic E-state index is 11.2. The van der Waals surface area contributed by atoms with Crippen molar-refractivity contribution in [3.05, 3.63) is 23.7 Å². The lowest BCUT2D eigenvalue weighted by atomic mass is 10.4.